The van der Waals surface area contributed by atoms with Crippen molar-refractivity contribution in [1.82, 2.24) is 5.32 Å². The summed E-state index contributed by atoms with van der Waals surface area (Å²) in [5.41, 5.74) is 5.92. The maximum Gasteiger partial charge on any atom is 0.258 e. The molecule has 0 heterocycles. The number of hydrogen-bond acceptors (Lipinski definition) is 2. The monoisotopic (exact) mass is 297 g/mol. The Bertz CT molecular complexity index is 677. The van der Waals surface area contributed by atoms with Crippen molar-refractivity contribution in [2.75, 3.05) is 6.61 Å². The van der Waals surface area contributed by atoms with Gasteiger partial charge in [0.15, 0.2) is 6.61 Å². The van der Waals surface area contributed by atoms with Crippen molar-refractivity contribution in [2.24, 2.45) is 0 Å². The van der Waals surface area contributed by atoms with Crippen molar-refractivity contribution in [2.45, 2.75) is 34.2 Å². The van der Waals surface area contributed by atoms with E-state index >= 15 is 0 Å². The zero-order valence-corrected chi connectivity index (χ0v) is 13.7. The van der Waals surface area contributed by atoms with E-state index in [-0.39, 0.29) is 12.5 Å². The van der Waals surface area contributed by atoms with Gasteiger partial charge in [0.2, 0.25) is 0 Å². The normalized spacial score (nSPS) is 10.4. The van der Waals surface area contributed by atoms with Gasteiger partial charge in [-0.2, -0.15) is 0 Å². The van der Waals surface area contributed by atoms with E-state index in [1.807, 2.05) is 25.1 Å². The van der Waals surface area contributed by atoms with Crippen LogP contribution in [0, 0.1) is 27.7 Å². The molecule has 2 aromatic rings. The van der Waals surface area contributed by atoms with Crippen molar-refractivity contribution < 1.29 is 9.53 Å². The highest BCUT2D eigenvalue weighted by molar-refractivity contribution is 5.77. The average Bonchev–Trinajstić information content (AvgIpc) is 2.47. The third-order valence-corrected chi connectivity index (χ3v) is 3.82. The standard InChI is InChI=1S/C19H23NO2/c1-13-5-7-17(16(4)9-13)11-20-19(21)12-22-18-8-6-14(2)15(3)10-18/h5-10H,11-12H2,1-4H3,(H,20,21). The zero-order valence-electron chi connectivity index (χ0n) is 13.7. The van der Waals surface area contributed by atoms with E-state index in [2.05, 4.69) is 44.3 Å². The number of nitrogens with one attached hydrogen (secondary N) is 1. The molecule has 0 atom stereocenters. The number of aryl methyl sites for hydroxylation is 4. The second-order valence-electron chi connectivity index (χ2n) is 5.74. The Balaban J connectivity index is 1.84. The Morgan fingerprint density at radius 2 is 1.73 bits per heavy atom. The van der Waals surface area contributed by atoms with E-state index in [0.29, 0.717) is 6.54 Å². The lowest BCUT2D eigenvalue weighted by Crippen LogP contribution is -2.28. The summed E-state index contributed by atoms with van der Waals surface area (Å²) in [6.45, 7) is 8.76. The Morgan fingerprint density at radius 3 is 2.41 bits per heavy atom. The lowest BCUT2D eigenvalue weighted by Gasteiger charge is -2.10. The van der Waals surface area contributed by atoms with Crippen LogP contribution in [0.3, 0.4) is 0 Å². The second-order valence-corrected chi connectivity index (χ2v) is 5.74. The van der Waals surface area contributed by atoms with Crippen molar-refractivity contribution in [1.29, 1.82) is 0 Å². The quantitative estimate of drug-likeness (QED) is 0.915. The van der Waals surface area contributed by atoms with Gasteiger partial charge in [0.05, 0.1) is 0 Å². The van der Waals surface area contributed by atoms with Crippen LogP contribution in [0.1, 0.15) is 27.8 Å². The molecule has 3 nitrogen and oxygen atoms in total. The van der Waals surface area contributed by atoms with Gasteiger partial charge in [0.25, 0.3) is 5.91 Å². The molecule has 2 aromatic carbocycles. The van der Waals surface area contributed by atoms with Gasteiger partial charge < -0.3 is 10.1 Å². The molecule has 0 saturated heterocycles. The molecule has 0 bridgehead atoms. The van der Waals surface area contributed by atoms with Gasteiger partial charge >= 0.3 is 0 Å². The Labute approximate surface area is 132 Å². The van der Waals surface area contributed by atoms with Gasteiger partial charge in [0, 0.05) is 6.54 Å². The van der Waals surface area contributed by atoms with Crippen LogP contribution in [0.5, 0.6) is 5.75 Å². The maximum atomic E-state index is 11.9. The van der Waals surface area contributed by atoms with Crippen LogP contribution in [-0.4, -0.2) is 12.5 Å². The molecule has 2 rings (SSSR count). The lowest BCUT2D eigenvalue weighted by molar-refractivity contribution is -0.123. The summed E-state index contributed by atoms with van der Waals surface area (Å²) in [6.07, 6.45) is 0. The first kappa shape index (κ1) is 16.1. The smallest absolute Gasteiger partial charge is 0.258 e. The number of rotatable bonds is 5. The summed E-state index contributed by atoms with van der Waals surface area (Å²) in [4.78, 5) is 11.9. The van der Waals surface area contributed by atoms with E-state index in [1.165, 1.54) is 16.7 Å². The third kappa shape index (κ3) is 4.35. The van der Waals surface area contributed by atoms with Crippen LogP contribution in [0.2, 0.25) is 0 Å². The Hall–Kier alpha value is -2.29. The molecule has 0 aliphatic carbocycles. The highest BCUT2D eigenvalue weighted by Crippen LogP contribution is 2.16. The largest absolute Gasteiger partial charge is 0.484 e. The molecule has 0 aliphatic heterocycles. The molecule has 3 heteroatoms. The summed E-state index contributed by atoms with van der Waals surface area (Å²) in [6, 6.07) is 12.1. The van der Waals surface area contributed by atoms with Crippen molar-refractivity contribution >= 4 is 5.91 Å². The molecule has 0 fully saturated rings. The molecule has 1 amide bonds. The highest BCUT2D eigenvalue weighted by Gasteiger charge is 2.05. The van der Waals surface area contributed by atoms with Gasteiger partial charge in [-0.25, -0.2) is 0 Å². The van der Waals surface area contributed by atoms with Gasteiger partial charge in [-0.15, -0.1) is 0 Å². The SMILES string of the molecule is Cc1ccc(CNC(=O)COc2ccc(C)c(C)c2)c(C)c1. The molecule has 0 saturated carbocycles. The number of carbonyl (C=O) groups is 1. The molecule has 0 spiro atoms. The first-order valence-electron chi connectivity index (χ1n) is 7.48. The van der Waals surface area contributed by atoms with E-state index in [4.69, 9.17) is 4.74 Å². The average molecular weight is 297 g/mol. The zero-order chi connectivity index (χ0) is 16.1. The van der Waals surface area contributed by atoms with Crippen molar-refractivity contribution in [3.8, 4) is 5.75 Å². The molecule has 116 valence electrons. The number of carbonyl (C=O) groups excluding carboxylic acids is 1. The van der Waals surface area contributed by atoms with Crippen molar-refractivity contribution in [3.63, 3.8) is 0 Å². The summed E-state index contributed by atoms with van der Waals surface area (Å²) >= 11 is 0. The number of amides is 1. The van der Waals surface area contributed by atoms with E-state index in [0.717, 1.165) is 16.9 Å². The Morgan fingerprint density at radius 1 is 0.955 bits per heavy atom. The molecule has 0 aromatic heterocycles. The minimum Gasteiger partial charge on any atom is -0.484 e. The van der Waals surface area contributed by atoms with E-state index in [9.17, 15) is 4.79 Å². The van der Waals surface area contributed by atoms with Gasteiger partial charge in [0.1, 0.15) is 5.75 Å². The molecule has 0 aliphatic rings. The summed E-state index contributed by atoms with van der Waals surface area (Å²) < 4.78 is 5.53. The van der Waals surface area contributed by atoms with Gasteiger partial charge in [-0.1, -0.05) is 29.8 Å². The fraction of sp³-hybridized carbons (Fsp3) is 0.316. The van der Waals surface area contributed by atoms with Crippen LogP contribution in [-0.2, 0) is 11.3 Å². The summed E-state index contributed by atoms with van der Waals surface area (Å²) in [5, 5.41) is 2.89. The molecule has 1 N–H and O–H groups in total. The van der Waals surface area contributed by atoms with Crippen molar-refractivity contribution in [3.05, 3.63) is 64.2 Å². The van der Waals surface area contributed by atoms with Crippen LogP contribution in [0.15, 0.2) is 36.4 Å². The number of ether oxygens (including phenoxy) is 1. The predicted molar refractivity (Wildman–Crippen MR) is 89.2 cm³/mol. The van der Waals surface area contributed by atoms with Gasteiger partial charge in [-0.05, 0) is 62.1 Å². The summed E-state index contributed by atoms with van der Waals surface area (Å²) in [7, 11) is 0. The lowest BCUT2D eigenvalue weighted by atomic mass is 10.1. The minimum absolute atomic E-state index is 0.0351. The number of hydrogen-bond donors (Lipinski definition) is 1. The second kappa shape index (κ2) is 7.12. The molecular formula is C19H23NO2. The van der Waals surface area contributed by atoms with E-state index in [1.54, 1.807) is 0 Å². The Kier molecular flexibility index (Phi) is 5.21. The van der Waals surface area contributed by atoms with Crippen LogP contribution in [0.25, 0.3) is 0 Å². The fourth-order valence-corrected chi connectivity index (χ4v) is 2.24. The first-order valence-corrected chi connectivity index (χ1v) is 7.48. The van der Waals surface area contributed by atoms with Crippen LogP contribution >= 0.6 is 0 Å². The molecule has 0 radical (unpaired) electrons. The minimum atomic E-state index is -0.113. The molecule has 0 unspecified atom stereocenters. The summed E-state index contributed by atoms with van der Waals surface area (Å²) in [5.74, 6) is 0.614. The topological polar surface area (TPSA) is 38.3 Å². The van der Waals surface area contributed by atoms with Crippen LogP contribution in [0.4, 0.5) is 0 Å². The maximum absolute atomic E-state index is 11.9. The predicted octanol–water partition coefficient (Wildman–Crippen LogP) is 3.62. The van der Waals surface area contributed by atoms with Crippen LogP contribution < -0.4 is 10.1 Å². The van der Waals surface area contributed by atoms with Gasteiger partial charge in [-0.3, -0.25) is 4.79 Å². The highest BCUT2D eigenvalue weighted by atomic mass is 16.5. The number of benzene rings is 2. The molecule has 22 heavy (non-hydrogen) atoms. The first-order chi connectivity index (χ1) is 10.5. The fourth-order valence-electron chi connectivity index (χ4n) is 2.24. The molecular weight excluding hydrogens is 274 g/mol. The third-order valence-electron chi connectivity index (χ3n) is 3.82. The van der Waals surface area contributed by atoms with E-state index < -0.39 is 0 Å².